The van der Waals surface area contributed by atoms with Crippen LogP contribution in [-0.2, 0) is 16.1 Å². The Balaban J connectivity index is 1.56. The topological polar surface area (TPSA) is 50.1 Å². The van der Waals surface area contributed by atoms with E-state index in [9.17, 15) is 4.79 Å². The molecule has 2 aliphatic heterocycles. The second-order valence-corrected chi connectivity index (χ2v) is 9.31. The van der Waals surface area contributed by atoms with Gasteiger partial charge in [0.2, 0.25) is 0 Å². The van der Waals surface area contributed by atoms with E-state index in [2.05, 4.69) is 34.5 Å². The van der Waals surface area contributed by atoms with E-state index < -0.39 is 5.41 Å². The summed E-state index contributed by atoms with van der Waals surface area (Å²) >= 11 is 6.24. The lowest BCUT2D eigenvalue weighted by Gasteiger charge is -2.39. The van der Waals surface area contributed by atoms with Gasteiger partial charge in [0.25, 0.3) is 0 Å². The van der Waals surface area contributed by atoms with Crippen molar-refractivity contribution in [1.29, 1.82) is 0 Å². The van der Waals surface area contributed by atoms with Gasteiger partial charge in [-0.2, -0.15) is 0 Å². The Bertz CT molecular complexity index is 993. The summed E-state index contributed by atoms with van der Waals surface area (Å²) < 4.78 is 7.23. The van der Waals surface area contributed by atoms with Crippen LogP contribution in [0.1, 0.15) is 25.1 Å². The normalized spacial score (nSPS) is 17.1. The Kier molecular flexibility index (Phi) is 5.68. The van der Waals surface area contributed by atoms with Crippen molar-refractivity contribution in [2.24, 2.45) is 10.4 Å². The molecule has 30 heavy (non-hydrogen) atoms. The first kappa shape index (κ1) is 21.0. The number of piperazine rings is 1. The minimum atomic E-state index is -0.513. The molecule has 1 aromatic heterocycles. The summed E-state index contributed by atoms with van der Waals surface area (Å²) in [5.41, 5.74) is 3.96. The molecule has 0 aliphatic carbocycles. The first-order valence-corrected chi connectivity index (χ1v) is 10.7. The van der Waals surface area contributed by atoms with E-state index in [4.69, 9.17) is 21.3 Å². The fraction of sp³-hybridized carbons (Fsp3) is 0.455. The fourth-order valence-corrected chi connectivity index (χ4v) is 4.56. The summed E-state index contributed by atoms with van der Waals surface area (Å²) in [4.78, 5) is 21.8. The van der Waals surface area contributed by atoms with Gasteiger partial charge < -0.3 is 14.2 Å². The van der Waals surface area contributed by atoms with Crippen molar-refractivity contribution in [2.75, 3.05) is 39.8 Å². The zero-order valence-electron chi connectivity index (χ0n) is 18.1. The van der Waals surface area contributed by atoms with Crippen molar-refractivity contribution in [3.63, 3.8) is 0 Å². The van der Waals surface area contributed by atoms with Crippen molar-refractivity contribution >= 4 is 42.4 Å². The molecule has 0 N–H and O–H groups in total. The van der Waals surface area contributed by atoms with E-state index in [0.29, 0.717) is 6.54 Å². The summed E-state index contributed by atoms with van der Waals surface area (Å²) in [7, 11) is 3.57. The van der Waals surface area contributed by atoms with Crippen LogP contribution in [-0.4, -0.2) is 73.9 Å². The zero-order valence-corrected chi connectivity index (χ0v) is 18.9. The Labute approximate surface area is 183 Å². The third-order valence-corrected chi connectivity index (χ3v) is 6.13. The molecule has 4 rings (SSSR count). The summed E-state index contributed by atoms with van der Waals surface area (Å²) in [5, 5.41) is 0.736. The van der Waals surface area contributed by atoms with Gasteiger partial charge in [0, 0.05) is 44.3 Å². The monoisotopic (exact) mass is 426 g/mol. The zero-order chi connectivity index (χ0) is 21.5. The third kappa shape index (κ3) is 4.14. The van der Waals surface area contributed by atoms with Gasteiger partial charge >= 0.3 is 5.97 Å². The number of nitrogens with zero attached hydrogens (tertiary/aromatic N) is 4. The lowest BCUT2D eigenvalue weighted by molar-refractivity contribution is -0.152. The first-order valence-electron chi connectivity index (χ1n) is 10.4. The van der Waals surface area contributed by atoms with Gasteiger partial charge in [0.1, 0.15) is 7.85 Å². The number of benzene rings is 1. The average molecular weight is 427 g/mol. The molecule has 0 amide bonds. The van der Waals surface area contributed by atoms with Gasteiger partial charge in [-0.1, -0.05) is 17.1 Å². The molecule has 1 saturated heterocycles. The Morgan fingerprint density at radius 3 is 2.67 bits per heavy atom. The molecular formula is C22H28BClN4O2. The minimum Gasteiger partial charge on any atom is -0.469 e. The predicted octanol–water partition coefficient (Wildman–Crippen LogP) is 1.66. The maximum atomic E-state index is 12.0. The summed E-state index contributed by atoms with van der Waals surface area (Å²) in [5.74, 6) is 0.845. The van der Waals surface area contributed by atoms with Crippen LogP contribution >= 0.6 is 11.6 Å². The number of amidine groups is 1. The third-order valence-electron chi connectivity index (χ3n) is 5.90. The standard InChI is InChI=1S/C22H28BClN4O2/c1-22(2,21(29)30-3)14-26-6-8-27(9-7-26)20-19-11-16(23)13-28(19)12-15-10-17(24)4-5-18(15)25-20/h4-5,10-11,13H,6-9,12,14,23H2,1-3H3. The number of rotatable bonds is 3. The SMILES string of the molecule is Bc1cc2n(c1)Cc1cc(Cl)ccc1N=C2N1CCN(CC(C)(C)C(=O)OC)CC1. The summed E-state index contributed by atoms with van der Waals surface area (Å²) in [6.45, 7) is 8.83. The van der Waals surface area contributed by atoms with Gasteiger partial charge in [-0.05, 0) is 49.9 Å². The molecular weight excluding hydrogens is 399 g/mol. The number of hydrogen-bond donors (Lipinski definition) is 0. The number of carbonyl (C=O) groups is 1. The van der Waals surface area contributed by atoms with Crippen molar-refractivity contribution in [2.45, 2.75) is 20.4 Å². The molecule has 1 fully saturated rings. The number of aliphatic imine (C=N–C) groups is 1. The Hall–Kier alpha value is -2.25. The Morgan fingerprint density at radius 1 is 1.23 bits per heavy atom. The van der Waals surface area contributed by atoms with Gasteiger partial charge in [0.05, 0.1) is 23.9 Å². The molecule has 0 bridgehead atoms. The van der Waals surface area contributed by atoms with Crippen LogP contribution in [0.3, 0.4) is 0 Å². The van der Waals surface area contributed by atoms with Crippen LogP contribution in [0.5, 0.6) is 0 Å². The smallest absolute Gasteiger partial charge is 0.312 e. The highest BCUT2D eigenvalue weighted by atomic mass is 35.5. The van der Waals surface area contributed by atoms with Crippen LogP contribution in [0, 0.1) is 5.41 Å². The second kappa shape index (κ2) is 8.12. The molecule has 0 saturated carbocycles. The quantitative estimate of drug-likeness (QED) is 0.553. The molecule has 6 nitrogen and oxygen atoms in total. The molecule has 0 radical (unpaired) electrons. The number of aromatic nitrogens is 1. The summed E-state index contributed by atoms with van der Waals surface area (Å²) in [6, 6.07) is 8.13. The molecule has 1 aromatic carbocycles. The number of halogens is 1. The lowest BCUT2D eigenvalue weighted by Crippen LogP contribution is -2.52. The highest BCUT2D eigenvalue weighted by Gasteiger charge is 2.33. The van der Waals surface area contributed by atoms with Crippen LogP contribution in [0.15, 0.2) is 35.5 Å². The van der Waals surface area contributed by atoms with Crippen molar-refractivity contribution in [3.05, 3.63) is 46.7 Å². The average Bonchev–Trinajstić information content (AvgIpc) is 3.00. The van der Waals surface area contributed by atoms with Crippen LogP contribution in [0.25, 0.3) is 0 Å². The molecule has 0 atom stereocenters. The summed E-state index contributed by atoms with van der Waals surface area (Å²) in [6.07, 6.45) is 2.18. The fourth-order valence-electron chi connectivity index (χ4n) is 4.37. The molecule has 2 aliphatic rings. The van der Waals surface area contributed by atoms with E-state index in [-0.39, 0.29) is 5.97 Å². The maximum absolute atomic E-state index is 12.0. The van der Waals surface area contributed by atoms with E-state index in [0.717, 1.165) is 60.5 Å². The van der Waals surface area contributed by atoms with Crippen molar-refractivity contribution < 1.29 is 9.53 Å². The largest absolute Gasteiger partial charge is 0.469 e. The van der Waals surface area contributed by atoms with Crippen LogP contribution < -0.4 is 5.46 Å². The molecule has 3 heterocycles. The minimum absolute atomic E-state index is 0.165. The number of hydrogen-bond acceptors (Lipinski definition) is 5. The number of carbonyl (C=O) groups excluding carboxylic acids is 1. The first-order chi connectivity index (χ1) is 14.3. The highest BCUT2D eigenvalue weighted by molar-refractivity contribution is 6.33. The van der Waals surface area contributed by atoms with Crippen LogP contribution in [0.4, 0.5) is 5.69 Å². The number of ether oxygens (including phenoxy) is 1. The number of esters is 1. The maximum Gasteiger partial charge on any atom is 0.312 e. The van der Waals surface area contributed by atoms with Gasteiger partial charge in [-0.25, -0.2) is 4.99 Å². The highest BCUT2D eigenvalue weighted by Crippen LogP contribution is 2.29. The van der Waals surface area contributed by atoms with Gasteiger partial charge in [-0.15, -0.1) is 0 Å². The van der Waals surface area contributed by atoms with Gasteiger partial charge in [-0.3, -0.25) is 9.69 Å². The van der Waals surface area contributed by atoms with Gasteiger partial charge in [0.15, 0.2) is 5.84 Å². The molecule has 0 unspecified atom stereocenters. The number of methoxy groups -OCH3 is 1. The van der Waals surface area contributed by atoms with E-state index in [1.54, 1.807) is 0 Å². The molecule has 0 spiro atoms. The molecule has 2 aromatic rings. The lowest BCUT2D eigenvalue weighted by atomic mass is 9.92. The molecule has 158 valence electrons. The van der Waals surface area contributed by atoms with Crippen molar-refractivity contribution in [3.8, 4) is 0 Å². The Morgan fingerprint density at radius 2 is 1.97 bits per heavy atom. The van der Waals surface area contributed by atoms with E-state index in [1.807, 2.05) is 32.0 Å². The molecule has 8 heteroatoms. The van der Waals surface area contributed by atoms with Crippen molar-refractivity contribution in [1.82, 2.24) is 14.4 Å². The van der Waals surface area contributed by atoms with Crippen LogP contribution in [0.2, 0.25) is 5.02 Å². The second-order valence-electron chi connectivity index (χ2n) is 8.88. The predicted molar refractivity (Wildman–Crippen MR) is 123 cm³/mol. The van der Waals surface area contributed by atoms with E-state index >= 15 is 0 Å². The van der Waals surface area contributed by atoms with E-state index in [1.165, 1.54) is 12.6 Å². The number of fused-ring (bicyclic) bond motifs is 2.